The number of piperidine rings is 1. The Balaban J connectivity index is 1.13. The molecule has 2 N–H and O–H groups in total. The molecule has 0 aromatic heterocycles. The molecular weight excluding hydrogens is 412 g/mol. The number of rotatable bonds is 8. The minimum atomic E-state index is -0.0860. The molecular formula is C25H35ClN2O3. The summed E-state index contributed by atoms with van der Waals surface area (Å²) in [6, 6.07) is 5.34. The fraction of sp³-hybridized carbons (Fsp3) is 0.720. The molecule has 1 amide bonds. The standard InChI is InChI=1S/C25H35ClN2O3/c26-23-2-1-21(31-8-7-30-20-3-5-27-6-4-20)12-22(23)24(29)28-16-25-13-17-9-18(14-25)11-19(10-17)15-25/h1-2,12,17-20,27H,3-11,13-16H2,(H,28,29). The second-order valence-electron chi connectivity index (χ2n) is 10.4. The van der Waals surface area contributed by atoms with Crippen LogP contribution in [0.1, 0.15) is 61.7 Å². The van der Waals surface area contributed by atoms with Gasteiger partial charge in [-0.2, -0.15) is 0 Å². The molecule has 5 nitrogen and oxygen atoms in total. The summed E-state index contributed by atoms with van der Waals surface area (Å²) < 4.78 is 11.7. The van der Waals surface area contributed by atoms with Crippen molar-refractivity contribution in [3.8, 4) is 5.75 Å². The van der Waals surface area contributed by atoms with Crippen molar-refractivity contribution >= 4 is 17.5 Å². The van der Waals surface area contributed by atoms with Crippen molar-refractivity contribution in [1.29, 1.82) is 0 Å². The van der Waals surface area contributed by atoms with Gasteiger partial charge in [0.15, 0.2) is 0 Å². The minimum Gasteiger partial charge on any atom is -0.491 e. The topological polar surface area (TPSA) is 59.6 Å². The summed E-state index contributed by atoms with van der Waals surface area (Å²) in [6.07, 6.45) is 10.5. The SMILES string of the molecule is O=C(NCC12CC3CC(CC(C3)C1)C2)c1cc(OCCOC2CCNCC2)ccc1Cl. The van der Waals surface area contributed by atoms with Crippen LogP contribution in [0, 0.1) is 23.2 Å². The van der Waals surface area contributed by atoms with Gasteiger partial charge in [-0.3, -0.25) is 4.79 Å². The molecule has 1 aromatic rings. The van der Waals surface area contributed by atoms with Crippen LogP contribution in [-0.2, 0) is 4.74 Å². The van der Waals surface area contributed by atoms with Crippen LogP contribution < -0.4 is 15.4 Å². The van der Waals surface area contributed by atoms with Crippen molar-refractivity contribution in [3.63, 3.8) is 0 Å². The number of hydrogen-bond acceptors (Lipinski definition) is 4. The van der Waals surface area contributed by atoms with Crippen LogP contribution in [0.5, 0.6) is 5.75 Å². The number of amides is 1. The number of hydrogen-bond donors (Lipinski definition) is 2. The highest BCUT2D eigenvalue weighted by molar-refractivity contribution is 6.33. The van der Waals surface area contributed by atoms with Crippen LogP contribution in [0.15, 0.2) is 18.2 Å². The van der Waals surface area contributed by atoms with Gasteiger partial charge in [0, 0.05) is 6.54 Å². The Morgan fingerprint density at radius 1 is 1.06 bits per heavy atom. The van der Waals surface area contributed by atoms with E-state index in [0.29, 0.717) is 41.1 Å². The second-order valence-corrected chi connectivity index (χ2v) is 10.8. The summed E-state index contributed by atoms with van der Waals surface area (Å²) in [4.78, 5) is 13.0. The zero-order chi connectivity index (χ0) is 21.3. The van der Waals surface area contributed by atoms with Gasteiger partial charge in [-0.25, -0.2) is 0 Å². The number of carbonyl (C=O) groups excluding carboxylic acids is 1. The first kappa shape index (κ1) is 21.5. The smallest absolute Gasteiger partial charge is 0.252 e. The first-order valence-electron chi connectivity index (χ1n) is 12.1. The third kappa shape index (κ3) is 5.04. The molecule has 0 atom stereocenters. The Morgan fingerprint density at radius 2 is 1.74 bits per heavy atom. The Morgan fingerprint density at radius 3 is 2.42 bits per heavy atom. The summed E-state index contributed by atoms with van der Waals surface area (Å²) in [7, 11) is 0. The van der Waals surface area contributed by atoms with E-state index in [2.05, 4.69) is 10.6 Å². The summed E-state index contributed by atoms with van der Waals surface area (Å²) in [5.41, 5.74) is 0.819. The van der Waals surface area contributed by atoms with Crippen LogP contribution in [0.3, 0.4) is 0 Å². The van der Waals surface area contributed by atoms with Crippen molar-refractivity contribution in [3.05, 3.63) is 28.8 Å². The minimum absolute atomic E-state index is 0.0860. The lowest BCUT2D eigenvalue weighted by Crippen LogP contribution is -2.51. The van der Waals surface area contributed by atoms with Crippen molar-refractivity contribution < 1.29 is 14.3 Å². The van der Waals surface area contributed by atoms with Crippen molar-refractivity contribution in [2.45, 2.75) is 57.5 Å². The number of halogens is 1. The van der Waals surface area contributed by atoms with E-state index in [-0.39, 0.29) is 5.91 Å². The molecule has 5 aliphatic rings. The van der Waals surface area contributed by atoms with Crippen LogP contribution in [-0.4, -0.2) is 44.9 Å². The normalized spacial score (nSPS) is 32.2. The van der Waals surface area contributed by atoms with Gasteiger partial charge in [0.2, 0.25) is 0 Å². The molecule has 1 aromatic carbocycles. The number of carbonyl (C=O) groups is 1. The molecule has 1 aliphatic heterocycles. The van der Waals surface area contributed by atoms with Gasteiger partial charge in [0.1, 0.15) is 12.4 Å². The lowest BCUT2D eigenvalue weighted by molar-refractivity contribution is -0.0503. The average Bonchev–Trinajstić information content (AvgIpc) is 2.76. The van der Waals surface area contributed by atoms with Crippen LogP contribution in [0.25, 0.3) is 0 Å². The number of benzene rings is 1. The highest BCUT2D eigenvalue weighted by Gasteiger charge is 2.50. The number of ether oxygens (including phenoxy) is 2. The van der Waals surface area contributed by atoms with Crippen LogP contribution in [0.4, 0.5) is 0 Å². The first-order chi connectivity index (χ1) is 15.1. The third-order valence-corrected chi connectivity index (χ3v) is 8.29. The zero-order valence-electron chi connectivity index (χ0n) is 18.3. The molecule has 4 saturated carbocycles. The summed E-state index contributed by atoms with van der Waals surface area (Å²) in [5, 5.41) is 7.04. The monoisotopic (exact) mass is 446 g/mol. The number of nitrogens with one attached hydrogen (secondary N) is 2. The van der Waals surface area contributed by atoms with Crippen LogP contribution >= 0.6 is 11.6 Å². The molecule has 31 heavy (non-hydrogen) atoms. The Bertz CT molecular complexity index is 758. The third-order valence-electron chi connectivity index (χ3n) is 7.96. The van der Waals surface area contributed by atoms with E-state index in [1.807, 2.05) is 6.07 Å². The van der Waals surface area contributed by atoms with Gasteiger partial charge < -0.3 is 20.1 Å². The second kappa shape index (κ2) is 9.29. The maximum absolute atomic E-state index is 13.0. The van der Waals surface area contributed by atoms with Crippen molar-refractivity contribution in [1.82, 2.24) is 10.6 Å². The molecule has 5 fully saturated rings. The largest absolute Gasteiger partial charge is 0.491 e. The van der Waals surface area contributed by atoms with E-state index in [1.54, 1.807) is 12.1 Å². The molecule has 1 heterocycles. The molecule has 4 bridgehead atoms. The zero-order valence-corrected chi connectivity index (χ0v) is 19.1. The van der Waals surface area contributed by atoms with Gasteiger partial charge in [0.25, 0.3) is 5.91 Å². The maximum Gasteiger partial charge on any atom is 0.252 e. The van der Waals surface area contributed by atoms with Gasteiger partial charge >= 0.3 is 0 Å². The highest BCUT2D eigenvalue weighted by Crippen LogP contribution is 2.59. The quantitative estimate of drug-likeness (QED) is 0.580. The van der Waals surface area contributed by atoms with Gasteiger partial charge in [-0.1, -0.05) is 11.6 Å². The molecule has 0 radical (unpaired) electrons. The van der Waals surface area contributed by atoms with Gasteiger partial charge in [-0.05, 0) is 106 Å². The molecule has 0 unspecified atom stereocenters. The molecule has 0 spiro atoms. The molecule has 1 saturated heterocycles. The van der Waals surface area contributed by atoms with Gasteiger partial charge in [-0.15, -0.1) is 0 Å². The molecule has 6 heteroatoms. The van der Waals surface area contributed by atoms with Gasteiger partial charge in [0.05, 0.1) is 23.3 Å². The van der Waals surface area contributed by atoms with Crippen molar-refractivity contribution in [2.75, 3.05) is 32.8 Å². The molecule has 6 rings (SSSR count). The fourth-order valence-corrected chi connectivity index (χ4v) is 7.18. The predicted octanol–water partition coefficient (Wildman–Crippen LogP) is 4.43. The molecule has 4 aliphatic carbocycles. The van der Waals surface area contributed by atoms with E-state index in [4.69, 9.17) is 21.1 Å². The van der Waals surface area contributed by atoms with E-state index in [9.17, 15) is 4.79 Å². The highest BCUT2D eigenvalue weighted by atomic mass is 35.5. The lowest BCUT2D eigenvalue weighted by Gasteiger charge is -2.56. The summed E-state index contributed by atoms with van der Waals surface area (Å²) >= 11 is 6.36. The fourth-order valence-electron chi connectivity index (χ4n) is 6.97. The maximum atomic E-state index is 13.0. The predicted molar refractivity (Wildman–Crippen MR) is 122 cm³/mol. The Hall–Kier alpha value is -1.30. The van der Waals surface area contributed by atoms with E-state index < -0.39 is 0 Å². The van der Waals surface area contributed by atoms with Crippen molar-refractivity contribution in [2.24, 2.45) is 23.2 Å². The summed E-state index contributed by atoms with van der Waals surface area (Å²) in [5.74, 6) is 3.23. The Labute approximate surface area is 190 Å². The lowest BCUT2D eigenvalue weighted by atomic mass is 9.49. The first-order valence-corrected chi connectivity index (χ1v) is 12.5. The Kier molecular flexibility index (Phi) is 6.45. The van der Waals surface area contributed by atoms with E-state index in [1.165, 1.54) is 38.5 Å². The summed E-state index contributed by atoms with van der Waals surface area (Å²) in [6.45, 7) is 3.84. The average molecular weight is 447 g/mol. The molecule has 170 valence electrons. The van der Waals surface area contributed by atoms with E-state index in [0.717, 1.165) is 50.2 Å². The van der Waals surface area contributed by atoms with E-state index >= 15 is 0 Å². The van der Waals surface area contributed by atoms with Crippen LogP contribution in [0.2, 0.25) is 5.02 Å².